The van der Waals surface area contributed by atoms with Crippen LogP contribution in [0.2, 0.25) is 0 Å². The number of benzene rings is 1. The van der Waals surface area contributed by atoms with E-state index in [1.165, 1.54) is 18.2 Å². The summed E-state index contributed by atoms with van der Waals surface area (Å²) < 4.78 is 32.3. The molecule has 4 nitrogen and oxygen atoms in total. The number of nitrogens with zero attached hydrogens (tertiary/aromatic N) is 2. The minimum atomic E-state index is -0.691. The molecule has 1 N–H and O–H groups in total. The zero-order chi connectivity index (χ0) is 14.5. The molecule has 2 rings (SSSR count). The fourth-order valence-electron chi connectivity index (χ4n) is 1.41. The molecule has 0 fully saturated rings. The van der Waals surface area contributed by atoms with Gasteiger partial charge in [0.25, 0.3) is 5.88 Å². The van der Waals surface area contributed by atoms with Crippen molar-refractivity contribution in [2.45, 2.75) is 13.3 Å². The van der Waals surface area contributed by atoms with Crippen LogP contribution in [0.25, 0.3) is 0 Å². The van der Waals surface area contributed by atoms with E-state index in [0.717, 1.165) is 12.6 Å². The third-order valence-electron chi connectivity index (χ3n) is 2.35. The number of aromatic nitrogens is 2. The second-order valence-electron chi connectivity index (χ2n) is 3.95. The first kappa shape index (κ1) is 14.6. The number of hydrogen-bond donors (Lipinski definition) is 1. The van der Waals surface area contributed by atoms with Gasteiger partial charge in [-0.05, 0) is 40.5 Å². The topological polar surface area (TPSA) is 47.0 Å². The lowest BCUT2D eigenvalue weighted by Crippen LogP contribution is -2.05. The van der Waals surface area contributed by atoms with Crippen LogP contribution in [0, 0.1) is 11.6 Å². The summed E-state index contributed by atoms with van der Waals surface area (Å²) >= 11 is 3.14. The van der Waals surface area contributed by atoms with E-state index >= 15 is 0 Å². The molecular weight excluding hydrogens is 332 g/mol. The summed E-state index contributed by atoms with van der Waals surface area (Å²) in [7, 11) is 0. The lowest BCUT2D eigenvalue weighted by atomic mass is 10.3. The van der Waals surface area contributed by atoms with Crippen molar-refractivity contribution in [2.75, 3.05) is 11.9 Å². The Morgan fingerprint density at radius 3 is 2.85 bits per heavy atom. The van der Waals surface area contributed by atoms with Crippen LogP contribution in [0.1, 0.15) is 13.3 Å². The van der Waals surface area contributed by atoms with E-state index in [0.29, 0.717) is 11.0 Å². The molecule has 7 heteroatoms. The maximum Gasteiger partial charge on any atom is 0.260 e. The standard InChI is InChI=1S/C13H12BrF2N3O/c1-2-5-17-13-18-7-10(16)12(19-13)20-11-4-3-8(15)6-9(11)14/h3-4,6-7H,2,5H2,1H3,(H,17,18,19). The van der Waals surface area contributed by atoms with Gasteiger partial charge in [-0.1, -0.05) is 6.92 Å². The Hall–Kier alpha value is -1.76. The van der Waals surface area contributed by atoms with Crippen molar-refractivity contribution in [3.63, 3.8) is 0 Å². The van der Waals surface area contributed by atoms with Gasteiger partial charge in [-0.25, -0.2) is 9.37 Å². The van der Waals surface area contributed by atoms with E-state index in [1.54, 1.807) is 0 Å². The predicted molar refractivity (Wildman–Crippen MR) is 74.9 cm³/mol. The second-order valence-corrected chi connectivity index (χ2v) is 4.80. The van der Waals surface area contributed by atoms with E-state index in [-0.39, 0.29) is 17.6 Å². The van der Waals surface area contributed by atoms with E-state index in [4.69, 9.17) is 4.74 Å². The molecule has 106 valence electrons. The number of rotatable bonds is 5. The molecule has 0 saturated heterocycles. The van der Waals surface area contributed by atoms with Gasteiger partial charge in [0.15, 0.2) is 0 Å². The SMILES string of the molecule is CCCNc1ncc(F)c(Oc2ccc(F)cc2Br)n1. The monoisotopic (exact) mass is 343 g/mol. The summed E-state index contributed by atoms with van der Waals surface area (Å²) in [6, 6.07) is 3.83. The van der Waals surface area contributed by atoms with E-state index in [2.05, 4.69) is 31.2 Å². The number of hydrogen-bond acceptors (Lipinski definition) is 4. The highest BCUT2D eigenvalue weighted by Gasteiger charge is 2.11. The fraction of sp³-hybridized carbons (Fsp3) is 0.231. The molecule has 0 radical (unpaired) electrons. The average Bonchev–Trinajstić information content (AvgIpc) is 2.42. The molecule has 0 saturated carbocycles. The van der Waals surface area contributed by atoms with Crippen molar-refractivity contribution >= 4 is 21.9 Å². The quantitative estimate of drug-likeness (QED) is 0.886. The van der Waals surface area contributed by atoms with Gasteiger partial charge in [0.05, 0.1) is 10.7 Å². The normalized spacial score (nSPS) is 10.4. The van der Waals surface area contributed by atoms with Crippen LogP contribution < -0.4 is 10.1 Å². The minimum absolute atomic E-state index is 0.217. The highest BCUT2D eigenvalue weighted by molar-refractivity contribution is 9.10. The average molecular weight is 344 g/mol. The van der Waals surface area contributed by atoms with E-state index in [9.17, 15) is 8.78 Å². The zero-order valence-electron chi connectivity index (χ0n) is 10.7. The van der Waals surface area contributed by atoms with Gasteiger partial charge in [0, 0.05) is 6.54 Å². The molecule has 1 aromatic heterocycles. The molecule has 0 aliphatic heterocycles. The Kier molecular flexibility index (Phi) is 4.84. The van der Waals surface area contributed by atoms with Gasteiger partial charge in [0.2, 0.25) is 11.8 Å². The Labute approximate surface area is 123 Å². The highest BCUT2D eigenvalue weighted by Crippen LogP contribution is 2.30. The van der Waals surface area contributed by atoms with Gasteiger partial charge in [-0.15, -0.1) is 0 Å². The summed E-state index contributed by atoms with van der Waals surface area (Å²) in [4.78, 5) is 7.74. The van der Waals surface area contributed by atoms with Gasteiger partial charge in [0.1, 0.15) is 11.6 Å². The summed E-state index contributed by atoms with van der Waals surface area (Å²) in [5.74, 6) is -0.779. The summed E-state index contributed by atoms with van der Waals surface area (Å²) in [5.41, 5.74) is 0. The summed E-state index contributed by atoms with van der Waals surface area (Å²) in [5, 5.41) is 2.93. The Morgan fingerprint density at radius 2 is 2.15 bits per heavy atom. The molecule has 0 aliphatic rings. The van der Waals surface area contributed by atoms with E-state index in [1.807, 2.05) is 6.92 Å². The van der Waals surface area contributed by atoms with Gasteiger partial charge in [-0.2, -0.15) is 9.37 Å². The Morgan fingerprint density at radius 1 is 1.35 bits per heavy atom. The highest BCUT2D eigenvalue weighted by atomic mass is 79.9. The molecular formula is C13H12BrF2N3O. The van der Waals surface area contributed by atoms with Crippen LogP contribution in [0.3, 0.4) is 0 Å². The lowest BCUT2D eigenvalue weighted by molar-refractivity contribution is 0.417. The first-order valence-corrected chi connectivity index (χ1v) is 6.78. The van der Waals surface area contributed by atoms with Crippen molar-refractivity contribution in [3.05, 3.63) is 40.5 Å². The molecule has 0 bridgehead atoms. The third kappa shape index (κ3) is 3.63. The van der Waals surface area contributed by atoms with Gasteiger partial charge < -0.3 is 10.1 Å². The van der Waals surface area contributed by atoms with Crippen molar-refractivity contribution in [1.29, 1.82) is 0 Å². The summed E-state index contributed by atoms with van der Waals surface area (Å²) in [6.45, 7) is 2.66. The van der Waals surface area contributed by atoms with Crippen LogP contribution in [-0.2, 0) is 0 Å². The maximum atomic E-state index is 13.6. The number of ether oxygens (including phenoxy) is 1. The molecule has 0 aliphatic carbocycles. The fourth-order valence-corrected chi connectivity index (χ4v) is 1.84. The van der Waals surface area contributed by atoms with Crippen molar-refractivity contribution in [2.24, 2.45) is 0 Å². The second kappa shape index (κ2) is 6.60. The predicted octanol–water partition coefficient (Wildman–Crippen LogP) is 4.13. The van der Waals surface area contributed by atoms with Crippen molar-refractivity contribution in [3.8, 4) is 11.6 Å². The maximum absolute atomic E-state index is 13.6. The third-order valence-corrected chi connectivity index (χ3v) is 2.97. The van der Waals surface area contributed by atoms with Crippen molar-refractivity contribution in [1.82, 2.24) is 9.97 Å². The smallest absolute Gasteiger partial charge is 0.260 e. The molecule has 20 heavy (non-hydrogen) atoms. The number of halogens is 3. The lowest BCUT2D eigenvalue weighted by Gasteiger charge is -2.09. The molecule has 1 heterocycles. The number of nitrogens with one attached hydrogen (secondary N) is 1. The molecule has 0 atom stereocenters. The van der Waals surface area contributed by atoms with Crippen LogP contribution in [0.15, 0.2) is 28.9 Å². The van der Waals surface area contributed by atoms with Crippen molar-refractivity contribution < 1.29 is 13.5 Å². The van der Waals surface area contributed by atoms with Crippen LogP contribution in [0.5, 0.6) is 11.6 Å². The molecule has 2 aromatic rings. The molecule has 0 amide bonds. The minimum Gasteiger partial charge on any atom is -0.435 e. The van der Waals surface area contributed by atoms with Crippen LogP contribution in [0.4, 0.5) is 14.7 Å². The first-order chi connectivity index (χ1) is 9.60. The molecule has 0 unspecified atom stereocenters. The zero-order valence-corrected chi connectivity index (χ0v) is 12.2. The Balaban J connectivity index is 2.23. The van der Waals surface area contributed by atoms with Crippen LogP contribution >= 0.6 is 15.9 Å². The first-order valence-electron chi connectivity index (χ1n) is 5.99. The van der Waals surface area contributed by atoms with E-state index < -0.39 is 11.6 Å². The largest absolute Gasteiger partial charge is 0.435 e. The number of anilines is 1. The molecule has 1 aromatic carbocycles. The van der Waals surface area contributed by atoms with Crippen LogP contribution in [-0.4, -0.2) is 16.5 Å². The van der Waals surface area contributed by atoms with Gasteiger partial charge >= 0.3 is 0 Å². The summed E-state index contributed by atoms with van der Waals surface area (Å²) in [6.07, 6.45) is 1.91. The molecule has 0 spiro atoms. The Bertz CT molecular complexity index is 610. The van der Waals surface area contributed by atoms with Gasteiger partial charge in [-0.3, -0.25) is 0 Å².